The van der Waals surface area contributed by atoms with Crippen LogP contribution in [0.4, 0.5) is 0 Å². The molecule has 84 valence electrons. The molecule has 0 heterocycles. The van der Waals surface area contributed by atoms with E-state index in [-0.39, 0.29) is 6.61 Å². The van der Waals surface area contributed by atoms with Crippen molar-refractivity contribution in [3.8, 4) is 0 Å². The molecular formula is C11H22O2S. The molecule has 14 heavy (non-hydrogen) atoms. The van der Waals surface area contributed by atoms with Crippen LogP contribution in [0.5, 0.6) is 0 Å². The molecule has 0 saturated heterocycles. The predicted octanol–water partition coefficient (Wildman–Crippen LogP) is 1.90. The first-order valence-corrected chi connectivity index (χ1v) is 6.59. The maximum absolute atomic E-state index is 9.24. The fourth-order valence-electron chi connectivity index (χ4n) is 1.95. The molecule has 0 radical (unpaired) electrons. The molecule has 0 bridgehead atoms. The van der Waals surface area contributed by atoms with Crippen LogP contribution in [0.25, 0.3) is 0 Å². The average Bonchev–Trinajstić information content (AvgIpc) is 2.19. The topological polar surface area (TPSA) is 40.5 Å². The second-order valence-corrected chi connectivity index (χ2v) is 5.89. The molecular weight excluding hydrogens is 196 g/mol. The lowest BCUT2D eigenvalue weighted by molar-refractivity contribution is 0.113. The zero-order valence-corrected chi connectivity index (χ0v) is 9.96. The summed E-state index contributed by atoms with van der Waals surface area (Å²) in [5, 5.41) is 18.6. The summed E-state index contributed by atoms with van der Waals surface area (Å²) in [5.74, 6) is 2.35. The van der Waals surface area contributed by atoms with Crippen LogP contribution >= 0.6 is 11.8 Å². The highest BCUT2D eigenvalue weighted by molar-refractivity contribution is 7.99. The van der Waals surface area contributed by atoms with E-state index in [1.165, 1.54) is 19.3 Å². The van der Waals surface area contributed by atoms with Crippen LogP contribution in [0.2, 0.25) is 0 Å². The molecule has 3 heteroatoms. The molecule has 0 aromatic heterocycles. The van der Waals surface area contributed by atoms with Crippen molar-refractivity contribution in [2.24, 2.45) is 11.8 Å². The molecule has 4 atom stereocenters. The standard InChI is InChI=1S/C11H22O2S/c1-8-3-4-11(5-9(8)2)14-7-10(13)6-12/h8-13H,3-7H2,1-2H3. The van der Waals surface area contributed by atoms with E-state index in [2.05, 4.69) is 13.8 Å². The van der Waals surface area contributed by atoms with Gasteiger partial charge in [-0.1, -0.05) is 13.8 Å². The quantitative estimate of drug-likeness (QED) is 0.757. The molecule has 2 N–H and O–H groups in total. The van der Waals surface area contributed by atoms with Gasteiger partial charge in [0.25, 0.3) is 0 Å². The van der Waals surface area contributed by atoms with Gasteiger partial charge in [-0.2, -0.15) is 11.8 Å². The first-order chi connectivity index (χ1) is 6.63. The van der Waals surface area contributed by atoms with E-state index in [9.17, 15) is 5.11 Å². The van der Waals surface area contributed by atoms with E-state index >= 15 is 0 Å². The van der Waals surface area contributed by atoms with Gasteiger partial charge >= 0.3 is 0 Å². The van der Waals surface area contributed by atoms with Crippen molar-refractivity contribution >= 4 is 11.8 Å². The van der Waals surface area contributed by atoms with Crippen molar-refractivity contribution in [3.05, 3.63) is 0 Å². The zero-order chi connectivity index (χ0) is 10.6. The summed E-state index contributed by atoms with van der Waals surface area (Å²) < 4.78 is 0. The van der Waals surface area contributed by atoms with Crippen LogP contribution in [0.1, 0.15) is 33.1 Å². The highest BCUT2D eigenvalue weighted by Gasteiger charge is 2.24. The Morgan fingerprint density at radius 3 is 2.57 bits per heavy atom. The van der Waals surface area contributed by atoms with Crippen LogP contribution in [0.15, 0.2) is 0 Å². The Balaban J connectivity index is 2.20. The van der Waals surface area contributed by atoms with Crippen LogP contribution in [0, 0.1) is 11.8 Å². The molecule has 4 unspecified atom stereocenters. The third kappa shape index (κ3) is 3.79. The van der Waals surface area contributed by atoms with Gasteiger partial charge in [0.1, 0.15) is 0 Å². The van der Waals surface area contributed by atoms with Crippen molar-refractivity contribution in [2.45, 2.75) is 44.5 Å². The first kappa shape index (κ1) is 12.3. The molecule has 0 aromatic rings. The van der Waals surface area contributed by atoms with Crippen LogP contribution in [-0.2, 0) is 0 Å². The Morgan fingerprint density at radius 2 is 2.00 bits per heavy atom. The van der Waals surface area contributed by atoms with E-state index in [1.54, 1.807) is 0 Å². The minimum Gasteiger partial charge on any atom is -0.394 e. The van der Waals surface area contributed by atoms with Crippen LogP contribution in [0.3, 0.4) is 0 Å². The third-order valence-corrected chi connectivity index (χ3v) is 4.76. The van der Waals surface area contributed by atoms with Crippen molar-refractivity contribution in [3.63, 3.8) is 0 Å². The molecule has 0 aromatic carbocycles. The maximum atomic E-state index is 9.24. The highest BCUT2D eigenvalue weighted by Crippen LogP contribution is 2.35. The molecule has 1 fully saturated rings. The van der Waals surface area contributed by atoms with Gasteiger partial charge in [0.15, 0.2) is 0 Å². The summed E-state index contributed by atoms with van der Waals surface area (Å²) in [6.45, 7) is 4.54. The summed E-state index contributed by atoms with van der Waals surface area (Å²) in [6, 6.07) is 0. The summed E-state index contributed by atoms with van der Waals surface area (Å²) in [4.78, 5) is 0. The van der Waals surface area contributed by atoms with Gasteiger partial charge in [-0.05, 0) is 31.1 Å². The van der Waals surface area contributed by atoms with Crippen LogP contribution < -0.4 is 0 Å². The second-order valence-electron chi connectivity index (χ2n) is 4.56. The maximum Gasteiger partial charge on any atom is 0.0861 e. The number of hydrogen-bond acceptors (Lipinski definition) is 3. The fraction of sp³-hybridized carbons (Fsp3) is 1.00. The van der Waals surface area contributed by atoms with E-state index in [1.807, 2.05) is 11.8 Å². The monoisotopic (exact) mass is 218 g/mol. The SMILES string of the molecule is CC1CCC(SCC(O)CO)CC1C. The lowest BCUT2D eigenvalue weighted by Crippen LogP contribution is -2.24. The zero-order valence-electron chi connectivity index (χ0n) is 9.15. The average molecular weight is 218 g/mol. The van der Waals surface area contributed by atoms with Crippen molar-refractivity contribution in [1.82, 2.24) is 0 Å². The lowest BCUT2D eigenvalue weighted by Gasteiger charge is -2.31. The molecule has 0 spiro atoms. The molecule has 1 rings (SSSR count). The number of aliphatic hydroxyl groups excluding tert-OH is 2. The number of thioether (sulfide) groups is 1. The Labute approximate surface area is 91.1 Å². The number of rotatable bonds is 4. The Morgan fingerprint density at radius 1 is 1.29 bits per heavy atom. The minimum absolute atomic E-state index is 0.105. The van der Waals surface area contributed by atoms with Gasteiger partial charge in [0.2, 0.25) is 0 Å². The molecule has 0 amide bonds. The van der Waals surface area contributed by atoms with Gasteiger partial charge in [0, 0.05) is 11.0 Å². The number of hydrogen-bond donors (Lipinski definition) is 2. The van der Waals surface area contributed by atoms with E-state index < -0.39 is 6.10 Å². The Hall–Kier alpha value is 0.270. The third-order valence-electron chi connectivity index (χ3n) is 3.29. The largest absolute Gasteiger partial charge is 0.394 e. The molecule has 1 saturated carbocycles. The Kier molecular flexibility index (Phi) is 5.28. The number of aliphatic hydroxyl groups is 2. The minimum atomic E-state index is -0.533. The molecule has 0 aliphatic heterocycles. The second kappa shape index (κ2) is 5.99. The molecule has 1 aliphatic rings. The summed E-state index contributed by atoms with van der Waals surface area (Å²) >= 11 is 1.83. The fourth-order valence-corrected chi connectivity index (χ4v) is 3.29. The summed E-state index contributed by atoms with van der Waals surface area (Å²) in [5.41, 5.74) is 0. The summed E-state index contributed by atoms with van der Waals surface area (Å²) in [6.07, 6.45) is 3.32. The lowest BCUT2D eigenvalue weighted by atomic mass is 9.81. The van der Waals surface area contributed by atoms with E-state index in [0.717, 1.165) is 11.8 Å². The first-order valence-electron chi connectivity index (χ1n) is 5.54. The van der Waals surface area contributed by atoms with E-state index in [0.29, 0.717) is 11.0 Å². The smallest absolute Gasteiger partial charge is 0.0861 e. The van der Waals surface area contributed by atoms with Gasteiger partial charge in [0.05, 0.1) is 12.7 Å². The highest BCUT2D eigenvalue weighted by atomic mass is 32.2. The van der Waals surface area contributed by atoms with Gasteiger partial charge in [-0.3, -0.25) is 0 Å². The van der Waals surface area contributed by atoms with Crippen molar-refractivity contribution < 1.29 is 10.2 Å². The normalized spacial score (nSPS) is 35.6. The predicted molar refractivity (Wildman–Crippen MR) is 61.5 cm³/mol. The van der Waals surface area contributed by atoms with Crippen LogP contribution in [-0.4, -0.2) is 33.9 Å². The van der Waals surface area contributed by atoms with Gasteiger partial charge in [-0.15, -0.1) is 0 Å². The van der Waals surface area contributed by atoms with Gasteiger partial charge in [-0.25, -0.2) is 0 Å². The molecule has 2 nitrogen and oxygen atoms in total. The van der Waals surface area contributed by atoms with E-state index in [4.69, 9.17) is 5.11 Å². The summed E-state index contributed by atoms with van der Waals surface area (Å²) in [7, 11) is 0. The van der Waals surface area contributed by atoms with Crippen molar-refractivity contribution in [1.29, 1.82) is 0 Å². The van der Waals surface area contributed by atoms with Gasteiger partial charge < -0.3 is 10.2 Å². The molecule has 1 aliphatic carbocycles. The van der Waals surface area contributed by atoms with Crippen molar-refractivity contribution in [2.75, 3.05) is 12.4 Å². The Bertz CT molecular complexity index is 163.